The van der Waals surface area contributed by atoms with E-state index in [1.807, 2.05) is 0 Å². The van der Waals surface area contributed by atoms with E-state index in [9.17, 15) is 0 Å². The Kier molecular flexibility index (Phi) is 4.87. The van der Waals surface area contributed by atoms with Crippen LogP contribution in [0.25, 0.3) is 0 Å². The number of hydrogen-bond acceptors (Lipinski definition) is 3. The zero-order valence-electron chi connectivity index (χ0n) is 11.1. The normalized spacial score (nSPS) is 16.3. The number of nitrogens with one attached hydrogen (secondary N) is 1. The van der Waals surface area contributed by atoms with Crippen molar-refractivity contribution < 1.29 is 4.74 Å². The number of nitrogens with zero attached hydrogens (tertiary/aromatic N) is 1. The minimum Gasteiger partial charge on any atom is -0.378 e. The summed E-state index contributed by atoms with van der Waals surface area (Å²) in [4.78, 5) is 2.28. The maximum Gasteiger partial charge on any atom is 0.0642 e. The van der Waals surface area contributed by atoms with Gasteiger partial charge in [0.15, 0.2) is 0 Å². The van der Waals surface area contributed by atoms with Gasteiger partial charge in [-0.3, -0.25) is 0 Å². The third kappa shape index (κ3) is 3.61. The standard InChI is InChI=1S/C14H21ClN2O/c1-11(2)16-10-12-3-4-14(13(15)9-12)17-5-7-18-8-6-17/h3-4,9,11,16H,5-8,10H2,1-2H3. The van der Waals surface area contributed by atoms with Gasteiger partial charge in [-0.25, -0.2) is 0 Å². The average Bonchev–Trinajstić information content (AvgIpc) is 2.37. The Hall–Kier alpha value is -0.770. The number of rotatable bonds is 4. The van der Waals surface area contributed by atoms with Crippen LogP contribution in [0.1, 0.15) is 19.4 Å². The molecule has 0 saturated carbocycles. The van der Waals surface area contributed by atoms with Crippen LogP contribution in [0, 0.1) is 0 Å². The third-order valence-corrected chi connectivity index (χ3v) is 3.38. The number of hydrogen-bond donors (Lipinski definition) is 1. The lowest BCUT2D eigenvalue weighted by atomic mass is 10.1. The summed E-state index contributed by atoms with van der Waals surface area (Å²) in [5.41, 5.74) is 2.35. The molecule has 1 aliphatic heterocycles. The lowest BCUT2D eigenvalue weighted by molar-refractivity contribution is 0.122. The van der Waals surface area contributed by atoms with Crippen molar-refractivity contribution in [2.24, 2.45) is 0 Å². The van der Waals surface area contributed by atoms with Crippen LogP contribution < -0.4 is 10.2 Å². The summed E-state index contributed by atoms with van der Waals surface area (Å²) < 4.78 is 5.35. The Morgan fingerprint density at radius 3 is 2.67 bits per heavy atom. The van der Waals surface area contributed by atoms with E-state index in [-0.39, 0.29) is 0 Å². The SMILES string of the molecule is CC(C)NCc1ccc(N2CCOCC2)c(Cl)c1. The molecule has 0 atom stereocenters. The molecule has 1 saturated heterocycles. The average molecular weight is 269 g/mol. The van der Waals surface area contributed by atoms with E-state index < -0.39 is 0 Å². The van der Waals surface area contributed by atoms with E-state index >= 15 is 0 Å². The molecule has 0 bridgehead atoms. The fraction of sp³-hybridized carbons (Fsp3) is 0.571. The van der Waals surface area contributed by atoms with Crippen LogP contribution in [0.15, 0.2) is 18.2 Å². The highest BCUT2D eigenvalue weighted by molar-refractivity contribution is 6.33. The molecule has 0 radical (unpaired) electrons. The second kappa shape index (κ2) is 6.41. The van der Waals surface area contributed by atoms with Gasteiger partial charge < -0.3 is 15.0 Å². The predicted molar refractivity (Wildman–Crippen MR) is 76.5 cm³/mol. The van der Waals surface area contributed by atoms with Crippen LogP contribution in [0.4, 0.5) is 5.69 Å². The minimum absolute atomic E-state index is 0.489. The first-order chi connectivity index (χ1) is 8.66. The zero-order valence-corrected chi connectivity index (χ0v) is 11.8. The molecule has 18 heavy (non-hydrogen) atoms. The summed E-state index contributed by atoms with van der Waals surface area (Å²) >= 11 is 6.37. The number of anilines is 1. The molecule has 1 N–H and O–H groups in total. The van der Waals surface area contributed by atoms with Crippen molar-refractivity contribution >= 4 is 17.3 Å². The lowest BCUT2D eigenvalue weighted by Gasteiger charge is -2.29. The number of benzene rings is 1. The Morgan fingerprint density at radius 2 is 2.06 bits per heavy atom. The molecule has 1 aromatic carbocycles. The number of ether oxygens (including phenoxy) is 1. The molecule has 1 aromatic rings. The maximum absolute atomic E-state index is 6.37. The second-order valence-corrected chi connectivity index (χ2v) is 5.33. The molecule has 3 nitrogen and oxygen atoms in total. The van der Waals surface area contributed by atoms with Crippen molar-refractivity contribution in [1.82, 2.24) is 5.32 Å². The highest BCUT2D eigenvalue weighted by Crippen LogP contribution is 2.27. The Labute approximate surface area is 114 Å². The van der Waals surface area contributed by atoms with Gasteiger partial charge in [-0.05, 0) is 17.7 Å². The molecule has 0 amide bonds. The van der Waals surface area contributed by atoms with Gasteiger partial charge in [0, 0.05) is 25.7 Å². The smallest absolute Gasteiger partial charge is 0.0642 e. The highest BCUT2D eigenvalue weighted by Gasteiger charge is 2.14. The van der Waals surface area contributed by atoms with Gasteiger partial charge >= 0.3 is 0 Å². The minimum atomic E-state index is 0.489. The van der Waals surface area contributed by atoms with E-state index in [0.717, 1.165) is 43.6 Å². The van der Waals surface area contributed by atoms with Crippen LogP contribution >= 0.6 is 11.6 Å². The fourth-order valence-electron chi connectivity index (χ4n) is 2.04. The Morgan fingerprint density at radius 1 is 1.33 bits per heavy atom. The van der Waals surface area contributed by atoms with Gasteiger partial charge in [0.25, 0.3) is 0 Å². The molecule has 1 fully saturated rings. The molecule has 2 rings (SSSR count). The lowest BCUT2D eigenvalue weighted by Crippen LogP contribution is -2.36. The molecule has 0 spiro atoms. The Bertz CT molecular complexity index is 389. The van der Waals surface area contributed by atoms with Crippen molar-refractivity contribution in [3.05, 3.63) is 28.8 Å². The van der Waals surface area contributed by atoms with Crippen LogP contribution in [0.3, 0.4) is 0 Å². The molecule has 0 unspecified atom stereocenters. The van der Waals surface area contributed by atoms with E-state index in [0.29, 0.717) is 6.04 Å². The second-order valence-electron chi connectivity index (χ2n) is 4.92. The molecule has 0 aromatic heterocycles. The molecule has 1 heterocycles. The van der Waals surface area contributed by atoms with Gasteiger partial charge in [-0.1, -0.05) is 31.5 Å². The van der Waals surface area contributed by atoms with E-state index in [1.54, 1.807) is 0 Å². The first-order valence-electron chi connectivity index (χ1n) is 6.51. The van der Waals surface area contributed by atoms with Crippen molar-refractivity contribution in [2.75, 3.05) is 31.2 Å². The van der Waals surface area contributed by atoms with Crippen molar-refractivity contribution in [2.45, 2.75) is 26.4 Å². The quantitative estimate of drug-likeness (QED) is 0.909. The van der Waals surface area contributed by atoms with Gasteiger partial charge in [0.05, 0.1) is 23.9 Å². The Balaban J connectivity index is 2.04. The molecular formula is C14H21ClN2O. The van der Waals surface area contributed by atoms with Gasteiger partial charge in [-0.15, -0.1) is 0 Å². The summed E-state index contributed by atoms with van der Waals surface area (Å²) in [7, 11) is 0. The van der Waals surface area contributed by atoms with Gasteiger partial charge in [-0.2, -0.15) is 0 Å². The predicted octanol–water partition coefficient (Wildman–Crippen LogP) is 2.67. The summed E-state index contributed by atoms with van der Waals surface area (Å²) in [6.45, 7) is 8.56. The molecule has 1 aliphatic rings. The zero-order chi connectivity index (χ0) is 13.0. The monoisotopic (exact) mass is 268 g/mol. The summed E-state index contributed by atoms with van der Waals surface area (Å²) in [5, 5.41) is 4.23. The number of halogens is 1. The van der Waals surface area contributed by atoms with Crippen LogP contribution in [0.5, 0.6) is 0 Å². The van der Waals surface area contributed by atoms with E-state index in [4.69, 9.17) is 16.3 Å². The van der Waals surface area contributed by atoms with Crippen molar-refractivity contribution in [3.8, 4) is 0 Å². The van der Waals surface area contributed by atoms with Gasteiger partial charge in [0.2, 0.25) is 0 Å². The van der Waals surface area contributed by atoms with E-state index in [2.05, 4.69) is 42.3 Å². The summed E-state index contributed by atoms with van der Waals surface area (Å²) in [5.74, 6) is 0. The van der Waals surface area contributed by atoms with Crippen molar-refractivity contribution in [1.29, 1.82) is 0 Å². The molecule has 100 valence electrons. The first-order valence-corrected chi connectivity index (χ1v) is 6.89. The highest BCUT2D eigenvalue weighted by atomic mass is 35.5. The van der Waals surface area contributed by atoms with Crippen LogP contribution in [0.2, 0.25) is 5.02 Å². The summed E-state index contributed by atoms with van der Waals surface area (Å²) in [6, 6.07) is 6.81. The topological polar surface area (TPSA) is 24.5 Å². The van der Waals surface area contributed by atoms with Crippen LogP contribution in [-0.2, 0) is 11.3 Å². The summed E-state index contributed by atoms with van der Waals surface area (Å²) in [6.07, 6.45) is 0. The molecular weight excluding hydrogens is 248 g/mol. The first kappa shape index (κ1) is 13.7. The van der Waals surface area contributed by atoms with Crippen LogP contribution in [-0.4, -0.2) is 32.3 Å². The maximum atomic E-state index is 6.37. The molecule has 4 heteroatoms. The molecule has 0 aliphatic carbocycles. The fourth-order valence-corrected chi connectivity index (χ4v) is 2.37. The third-order valence-electron chi connectivity index (χ3n) is 3.08. The number of morpholine rings is 1. The van der Waals surface area contributed by atoms with Gasteiger partial charge in [0.1, 0.15) is 0 Å². The largest absolute Gasteiger partial charge is 0.378 e. The van der Waals surface area contributed by atoms with E-state index in [1.165, 1.54) is 5.56 Å². The van der Waals surface area contributed by atoms with Crippen molar-refractivity contribution in [3.63, 3.8) is 0 Å².